The van der Waals surface area contributed by atoms with Crippen molar-refractivity contribution in [3.8, 4) is 0 Å². The van der Waals surface area contributed by atoms with Gasteiger partial charge in [-0.3, -0.25) is 0 Å². The first-order valence-corrected chi connectivity index (χ1v) is 5.91. The molecule has 0 heterocycles. The summed E-state index contributed by atoms with van der Waals surface area (Å²) in [4.78, 5) is 0. The normalized spacial score (nSPS) is 15.9. The van der Waals surface area contributed by atoms with Crippen LogP contribution in [-0.2, 0) is 4.74 Å². The average Bonchev–Trinajstić information content (AvgIpc) is 2.12. The molecular formula is C12H26O2. The minimum absolute atomic E-state index is 0.0438. The number of aliphatic hydroxyl groups excluding tert-OH is 1. The van der Waals surface area contributed by atoms with Gasteiger partial charge in [0.25, 0.3) is 0 Å². The molecule has 14 heavy (non-hydrogen) atoms. The molecule has 0 aliphatic carbocycles. The summed E-state index contributed by atoms with van der Waals surface area (Å²) in [6.45, 7) is 9.24. The number of hydrogen-bond acceptors (Lipinski definition) is 2. The molecule has 0 rings (SSSR count). The van der Waals surface area contributed by atoms with Crippen molar-refractivity contribution in [2.75, 3.05) is 6.61 Å². The molecular weight excluding hydrogens is 176 g/mol. The van der Waals surface area contributed by atoms with E-state index in [9.17, 15) is 5.11 Å². The van der Waals surface area contributed by atoms with E-state index in [1.165, 1.54) is 0 Å². The van der Waals surface area contributed by atoms with E-state index in [-0.39, 0.29) is 12.2 Å². The van der Waals surface area contributed by atoms with E-state index in [2.05, 4.69) is 27.7 Å². The van der Waals surface area contributed by atoms with Crippen molar-refractivity contribution in [1.29, 1.82) is 0 Å². The van der Waals surface area contributed by atoms with Crippen LogP contribution in [0.2, 0.25) is 0 Å². The highest BCUT2D eigenvalue weighted by molar-refractivity contribution is 4.68. The third-order valence-corrected chi connectivity index (χ3v) is 2.23. The Balaban J connectivity index is 3.86. The summed E-state index contributed by atoms with van der Waals surface area (Å²) in [7, 11) is 0. The van der Waals surface area contributed by atoms with E-state index in [0.29, 0.717) is 5.92 Å². The zero-order chi connectivity index (χ0) is 11.0. The second-order valence-corrected chi connectivity index (χ2v) is 4.41. The van der Waals surface area contributed by atoms with Crippen molar-refractivity contribution in [2.24, 2.45) is 5.92 Å². The third kappa shape index (κ3) is 6.39. The first-order chi connectivity index (χ1) is 6.61. The molecule has 2 unspecified atom stereocenters. The summed E-state index contributed by atoms with van der Waals surface area (Å²) >= 11 is 0. The summed E-state index contributed by atoms with van der Waals surface area (Å²) in [5.41, 5.74) is 0. The maximum absolute atomic E-state index is 9.83. The fourth-order valence-electron chi connectivity index (χ4n) is 1.47. The van der Waals surface area contributed by atoms with Crippen LogP contribution in [-0.4, -0.2) is 23.9 Å². The molecule has 0 amide bonds. The van der Waals surface area contributed by atoms with Crippen molar-refractivity contribution >= 4 is 0 Å². The summed E-state index contributed by atoms with van der Waals surface area (Å²) in [5.74, 6) is 0.545. The Hall–Kier alpha value is -0.0800. The first kappa shape index (κ1) is 13.9. The van der Waals surface area contributed by atoms with Gasteiger partial charge in [0.15, 0.2) is 0 Å². The van der Waals surface area contributed by atoms with Gasteiger partial charge >= 0.3 is 0 Å². The molecule has 0 aliphatic heterocycles. The molecule has 0 aromatic rings. The topological polar surface area (TPSA) is 29.5 Å². The number of rotatable bonds is 8. The average molecular weight is 202 g/mol. The van der Waals surface area contributed by atoms with Crippen molar-refractivity contribution in [3.63, 3.8) is 0 Å². The predicted molar refractivity (Wildman–Crippen MR) is 60.4 cm³/mol. The molecule has 0 saturated carbocycles. The quantitative estimate of drug-likeness (QED) is 0.655. The van der Waals surface area contributed by atoms with Crippen molar-refractivity contribution in [1.82, 2.24) is 0 Å². The lowest BCUT2D eigenvalue weighted by Gasteiger charge is -2.23. The van der Waals surface area contributed by atoms with E-state index in [0.717, 1.165) is 32.3 Å². The van der Waals surface area contributed by atoms with Crippen LogP contribution in [0.3, 0.4) is 0 Å². The van der Waals surface area contributed by atoms with Crippen LogP contribution in [0.15, 0.2) is 0 Å². The fraction of sp³-hybridized carbons (Fsp3) is 1.00. The summed E-state index contributed by atoms with van der Waals surface area (Å²) < 4.78 is 5.71. The van der Waals surface area contributed by atoms with Gasteiger partial charge in [-0.2, -0.15) is 0 Å². The van der Waals surface area contributed by atoms with Gasteiger partial charge in [0.05, 0.1) is 12.2 Å². The van der Waals surface area contributed by atoms with Crippen LogP contribution >= 0.6 is 0 Å². The Morgan fingerprint density at radius 1 is 1.07 bits per heavy atom. The maximum atomic E-state index is 9.83. The summed E-state index contributed by atoms with van der Waals surface area (Å²) in [6, 6.07) is 0. The SMILES string of the molecule is CCCC(O)C(CCC)OCC(C)C. The standard InChI is InChI=1S/C12H26O2/c1-5-7-11(13)12(8-6-2)14-9-10(3)4/h10-13H,5-9H2,1-4H3. The van der Waals surface area contributed by atoms with E-state index >= 15 is 0 Å². The van der Waals surface area contributed by atoms with Crippen LogP contribution in [0.25, 0.3) is 0 Å². The molecule has 86 valence electrons. The first-order valence-electron chi connectivity index (χ1n) is 5.91. The zero-order valence-electron chi connectivity index (χ0n) is 10.1. The Morgan fingerprint density at radius 3 is 2.07 bits per heavy atom. The number of aliphatic hydroxyl groups is 1. The summed E-state index contributed by atoms with van der Waals surface area (Å²) in [5, 5.41) is 9.83. The Kier molecular flexibility index (Phi) is 8.20. The second-order valence-electron chi connectivity index (χ2n) is 4.41. The summed E-state index contributed by atoms with van der Waals surface area (Å²) in [6.07, 6.45) is 3.67. The second kappa shape index (κ2) is 8.25. The molecule has 2 nitrogen and oxygen atoms in total. The Bertz CT molecular complexity index is 123. The van der Waals surface area contributed by atoms with Gasteiger partial charge in [0.1, 0.15) is 0 Å². The third-order valence-electron chi connectivity index (χ3n) is 2.23. The molecule has 0 aromatic heterocycles. The number of hydrogen-bond donors (Lipinski definition) is 1. The fourth-order valence-corrected chi connectivity index (χ4v) is 1.47. The van der Waals surface area contributed by atoms with E-state index in [4.69, 9.17) is 4.74 Å². The van der Waals surface area contributed by atoms with Gasteiger partial charge in [0, 0.05) is 6.61 Å². The molecule has 0 bridgehead atoms. The Labute approximate surface area is 88.7 Å². The van der Waals surface area contributed by atoms with Gasteiger partial charge in [-0.05, 0) is 18.8 Å². The molecule has 0 spiro atoms. The van der Waals surface area contributed by atoms with E-state index in [1.54, 1.807) is 0 Å². The maximum Gasteiger partial charge on any atom is 0.0833 e. The lowest BCUT2D eigenvalue weighted by molar-refractivity contribution is -0.0532. The molecule has 0 fully saturated rings. The molecule has 1 N–H and O–H groups in total. The van der Waals surface area contributed by atoms with Gasteiger partial charge in [-0.15, -0.1) is 0 Å². The lowest BCUT2D eigenvalue weighted by Crippen LogP contribution is -2.30. The number of ether oxygens (including phenoxy) is 1. The van der Waals surface area contributed by atoms with Gasteiger partial charge in [-0.25, -0.2) is 0 Å². The van der Waals surface area contributed by atoms with Crippen LogP contribution in [0.5, 0.6) is 0 Å². The Morgan fingerprint density at radius 2 is 1.64 bits per heavy atom. The van der Waals surface area contributed by atoms with Gasteiger partial charge in [0.2, 0.25) is 0 Å². The molecule has 2 atom stereocenters. The van der Waals surface area contributed by atoms with Crippen molar-refractivity contribution in [2.45, 2.75) is 65.6 Å². The van der Waals surface area contributed by atoms with E-state index in [1.807, 2.05) is 0 Å². The van der Waals surface area contributed by atoms with Crippen LogP contribution in [0.4, 0.5) is 0 Å². The highest BCUT2D eigenvalue weighted by Gasteiger charge is 2.18. The molecule has 0 aromatic carbocycles. The minimum atomic E-state index is -0.279. The van der Waals surface area contributed by atoms with Crippen LogP contribution in [0, 0.1) is 5.92 Å². The van der Waals surface area contributed by atoms with E-state index < -0.39 is 0 Å². The largest absolute Gasteiger partial charge is 0.390 e. The molecule has 0 radical (unpaired) electrons. The van der Waals surface area contributed by atoms with Crippen LogP contribution in [0.1, 0.15) is 53.4 Å². The minimum Gasteiger partial charge on any atom is -0.390 e. The lowest BCUT2D eigenvalue weighted by atomic mass is 10.0. The monoisotopic (exact) mass is 202 g/mol. The van der Waals surface area contributed by atoms with Crippen molar-refractivity contribution < 1.29 is 9.84 Å². The molecule has 0 aliphatic rings. The highest BCUT2D eigenvalue weighted by Crippen LogP contribution is 2.13. The molecule has 0 saturated heterocycles. The van der Waals surface area contributed by atoms with Crippen LogP contribution < -0.4 is 0 Å². The van der Waals surface area contributed by atoms with Gasteiger partial charge < -0.3 is 9.84 Å². The predicted octanol–water partition coefficient (Wildman–Crippen LogP) is 2.99. The van der Waals surface area contributed by atoms with Gasteiger partial charge in [-0.1, -0.05) is 40.5 Å². The zero-order valence-corrected chi connectivity index (χ0v) is 10.1. The molecule has 2 heteroatoms. The van der Waals surface area contributed by atoms with Crippen molar-refractivity contribution in [3.05, 3.63) is 0 Å². The highest BCUT2D eigenvalue weighted by atomic mass is 16.5. The smallest absolute Gasteiger partial charge is 0.0833 e.